The van der Waals surface area contributed by atoms with Crippen molar-refractivity contribution < 1.29 is 24.5 Å². The van der Waals surface area contributed by atoms with E-state index in [0.717, 1.165) is 37.7 Å². The lowest BCUT2D eigenvalue weighted by Crippen LogP contribution is -2.59. The van der Waals surface area contributed by atoms with Crippen molar-refractivity contribution >= 4 is 11.9 Å². The quantitative estimate of drug-likeness (QED) is 0.369. The molecule has 0 aromatic heterocycles. The Hall–Kier alpha value is -2.44. The number of carbonyl (C=O) groups excluding carboxylic acids is 2. The van der Waals surface area contributed by atoms with Gasteiger partial charge in [-0.05, 0) is 55.1 Å². The molecular weight excluding hydrogens is 442 g/mol. The fourth-order valence-corrected chi connectivity index (χ4v) is 6.26. The maximum atomic E-state index is 13.2. The van der Waals surface area contributed by atoms with Gasteiger partial charge < -0.3 is 20.3 Å². The number of nitrogens with one attached hydrogen (secondary N) is 1. The molecule has 2 aliphatic heterocycles. The lowest BCUT2D eigenvalue weighted by molar-refractivity contribution is -0.154. The van der Waals surface area contributed by atoms with Crippen LogP contribution >= 0.6 is 0 Å². The maximum Gasteiger partial charge on any atom is 0.306 e. The number of esters is 1. The Morgan fingerprint density at radius 1 is 1.29 bits per heavy atom. The zero-order valence-electron chi connectivity index (χ0n) is 20.9. The molecule has 0 unspecified atom stereocenters. The average Bonchev–Trinajstić information content (AvgIpc) is 3.35. The van der Waals surface area contributed by atoms with Crippen LogP contribution in [0.3, 0.4) is 0 Å². The van der Waals surface area contributed by atoms with Crippen LogP contribution in [0, 0.1) is 23.7 Å². The molecule has 1 aromatic rings. The number of aliphatic hydroxyl groups excluding tert-OH is 1. The molecule has 1 saturated carbocycles. The van der Waals surface area contributed by atoms with Gasteiger partial charge in [-0.25, -0.2) is 0 Å². The molecule has 1 aromatic carbocycles. The Morgan fingerprint density at radius 2 is 2.03 bits per heavy atom. The first-order chi connectivity index (χ1) is 16.7. The van der Waals surface area contributed by atoms with Crippen molar-refractivity contribution in [3.63, 3.8) is 0 Å². The van der Waals surface area contributed by atoms with Gasteiger partial charge in [0.15, 0.2) is 5.60 Å². The molecule has 8 atom stereocenters. The molecule has 190 valence electrons. The highest BCUT2D eigenvalue weighted by molar-refractivity contribution is 5.89. The molecule has 1 amide bonds. The van der Waals surface area contributed by atoms with E-state index >= 15 is 0 Å². The number of benzene rings is 1. The summed E-state index contributed by atoms with van der Waals surface area (Å²) in [7, 11) is 0. The third kappa shape index (κ3) is 5.24. The number of allylic oxidation sites excluding steroid dienone is 1. The summed E-state index contributed by atoms with van der Waals surface area (Å²) in [5.41, 5.74) is 0.0910. The van der Waals surface area contributed by atoms with E-state index in [4.69, 9.17) is 4.74 Å². The van der Waals surface area contributed by atoms with Gasteiger partial charge in [0, 0.05) is 24.3 Å². The topological polar surface area (TPSA) is 95.9 Å². The van der Waals surface area contributed by atoms with E-state index in [0.29, 0.717) is 24.3 Å². The molecule has 3 fully saturated rings. The molecule has 0 radical (unpaired) electrons. The van der Waals surface area contributed by atoms with Gasteiger partial charge in [0.25, 0.3) is 5.91 Å². The predicted molar refractivity (Wildman–Crippen MR) is 134 cm³/mol. The van der Waals surface area contributed by atoms with Crippen molar-refractivity contribution in [2.24, 2.45) is 23.7 Å². The molecule has 3 aliphatic rings. The lowest BCUT2D eigenvalue weighted by Gasteiger charge is -2.47. The number of hydrogen-bond donors (Lipinski definition) is 3. The number of aliphatic hydroxyl groups is 2. The van der Waals surface area contributed by atoms with Gasteiger partial charge in [-0.1, -0.05) is 69.3 Å². The van der Waals surface area contributed by atoms with E-state index in [-0.39, 0.29) is 30.0 Å². The van der Waals surface area contributed by atoms with E-state index in [1.165, 1.54) is 0 Å². The first-order valence-electron chi connectivity index (χ1n) is 13.0. The van der Waals surface area contributed by atoms with E-state index in [1.54, 1.807) is 0 Å². The van der Waals surface area contributed by atoms with Crippen LogP contribution in [0.2, 0.25) is 0 Å². The van der Waals surface area contributed by atoms with Crippen molar-refractivity contribution in [2.45, 2.75) is 82.6 Å². The molecule has 0 bridgehead atoms. The van der Waals surface area contributed by atoms with E-state index in [1.807, 2.05) is 49.4 Å². The van der Waals surface area contributed by atoms with Crippen molar-refractivity contribution in [1.29, 1.82) is 0 Å². The summed E-state index contributed by atoms with van der Waals surface area (Å²) in [5, 5.41) is 25.9. The summed E-state index contributed by atoms with van der Waals surface area (Å²) < 4.78 is 5.29. The zero-order chi connectivity index (χ0) is 25.2. The van der Waals surface area contributed by atoms with Crippen LogP contribution < -0.4 is 5.32 Å². The number of fused-ring (bicyclic) bond motifs is 1. The second kappa shape index (κ2) is 10.7. The van der Waals surface area contributed by atoms with Crippen LogP contribution in [-0.2, 0) is 20.7 Å². The van der Waals surface area contributed by atoms with Crippen molar-refractivity contribution in [1.82, 2.24) is 5.32 Å². The molecule has 6 heteroatoms. The highest BCUT2D eigenvalue weighted by atomic mass is 16.5. The van der Waals surface area contributed by atoms with E-state index in [9.17, 15) is 19.8 Å². The Morgan fingerprint density at radius 3 is 2.71 bits per heavy atom. The van der Waals surface area contributed by atoms with Gasteiger partial charge in [-0.2, -0.15) is 0 Å². The van der Waals surface area contributed by atoms with Gasteiger partial charge in [-0.15, -0.1) is 0 Å². The third-order valence-corrected chi connectivity index (χ3v) is 8.35. The number of amides is 1. The van der Waals surface area contributed by atoms with Crippen molar-refractivity contribution in [3.05, 3.63) is 60.2 Å². The molecular formula is C29H39NO5. The molecule has 1 aliphatic carbocycles. The number of carbonyl (C=O) groups is 2. The van der Waals surface area contributed by atoms with Gasteiger partial charge in [0.2, 0.25) is 0 Å². The second-order valence-corrected chi connectivity index (χ2v) is 10.8. The summed E-state index contributed by atoms with van der Waals surface area (Å²) in [5.74, 6) is -1.40. The minimum atomic E-state index is -1.68. The highest BCUT2D eigenvalue weighted by Gasteiger charge is 2.64. The maximum absolute atomic E-state index is 13.2. The van der Waals surface area contributed by atoms with Gasteiger partial charge in [0.05, 0.1) is 6.10 Å². The molecule has 2 saturated heterocycles. The standard InChI is InChI=1S/C29H39NO5/c1-18(9-7-13-22-15-16-25(31)35-22)10-8-14-23-27(32)20(3)19(2)26-24(30-28(33)29(23,26)34)17-21-11-5-4-6-12-21/h4-6,8,11-12,14,18-19,22-24,26-27,32,34H,3,7,9-10,13,15-17H2,1-2H3,(H,30,33)/b14-8+/t18-,19-,22+,23+,24-,26-,27+,29-/m0/s1. The fraction of sp³-hybridized carbons (Fsp3) is 0.586. The Kier molecular flexibility index (Phi) is 7.82. The Bertz CT molecular complexity index is 959. The third-order valence-electron chi connectivity index (χ3n) is 8.35. The highest BCUT2D eigenvalue weighted by Crippen LogP contribution is 2.50. The summed E-state index contributed by atoms with van der Waals surface area (Å²) >= 11 is 0. The molecule has 6 nitrogen and oxygen atoms in total. The zero-order valence-corrected chi connectivity index (χ0v) is 20.9. The van der Waals surface area contributed by atoms with Gasteiger partial charge in [-0.3, -0.25) is 9.59 Å². The SMILES string of the molecule is C=C1[C@@H](O)[C@@H](/C=C/C[C@@H](C)CCC[C@@H]2CCC(=O)O2)[C@@]2(O)C(=O)N[C@@H](Cc3ccccc3)[C@@H]2[C@H]1C. The summed E-state index contributed by atoms with van der Waals surface area (Å²) in [6.45, 7) is 8.25. The molecule has 0 spiro atoms. The van der Waals surface area contributed by atoms with Crippen LogP contribution in [-0.4, -0.2) is 45.9 Å². The Labute approximate surface area is 208 Å². The smallest absolute Gasteiger partial charge is 0.306 e. The average molecular weight is 482 g/mol. The summed E-state index contributed by atoms with van der Waals surface area (Å²) in [4.78, 5) is 24.4. The summed E-state index contributed by atoms with van der Waals surface area (Å²) in [6.07, 6.45) is 8.54. The number of rotatable bonds is 9. The lowest BCUT2D eigenvalue weighted by atomic mass is 9.60. The van der Waals surface area contributed by atoms with Crippen LogP contribution in [0.5, 0.6) is 0 Å². The van der Waals surface area contributed by atoms with Crippen molar-refractivity contribution in [3.8, 4) is 0 Å². The minimum Gasteiger partial charge on any atom is -0.462 e. The molecule has 35 heavy (non-hydrogen) atoms. The van der Waals surface area contributed by atoms with Gasteiger partial charge in [0.1, 0.15) is 6.10 Å². The fourth-order valence-electron chi connectivity index (χ4n) is 6.26. The van der Waals surface area contributed by atoms with Crippen LogP contribution in [0.15, 0.2) is 54.6 Å². The first kappa shape index (κ1) is 25.6. The Balaban J connectivity index is 1.41. The number of hydrogen-bond acceptors (Lipinski definition) is 5. The largest absolute Gasteiger partial charge is 0.462 e. The van der Waals surface area contributed by atoms with E-state index < -0.39 is 23.5 Å². The van der Waals surface area contributed by atoms with Crippen LogP contribution in [0.1, 0.15) is 57.9 Å². The number of ether oxygens (including phenoxy) is 1. The van der Waals surface area contributed by atoms with Crippen LogP contribution in [0.4, 0.5) is 0 Å². The van der Waals surface area contributed by atoms with Crippen molar-refractivity contribution in [2.75, 3.05) is 0 Å². The van der Waals surface area contributed by atoms with Crippen LogP contribution in [0.25, 0.3) is 0 Å². The second-order valence-electron chi connectivity index (χ2n) is 10.8. The minimum absolute atomic E-state index is 0.0616. The first-order valence-corrected chi connectivity index (χ1v) is 13.0. The monoisotopic (exact) mass is 481 g/mol. The molecule has 2 heterocycles. The molecule has 3 N–H and O–H groups in total. The normalized spacial score (nSPS) is 35.7. The van der Waals surface area contributed by atoms with Gasteiger partial charge >= 0.3 is 5.97 Å². The van der Waals surface area contributed by atoms with E-state index in [2.05, 4.69) is 18.8 Å². The summed E-state index contributed by atoms with van der Waals surface area (Å²) in [6, 6.07) is 9.72. The predicted octanol–water partition coefficient (Wildman–Crippen LogP) is 3.72. The number of cyclic esters (lactones) is 1. The molecule has 4 rings (SSSR count).